The lowest BCUT2D eigenvalue weighted by Crippen LogP contribution is -2.09. The maximum absolute atomic E-state index is 9.89. The predicted molar refractivity (Wildman–Crippen MR) is 60.7 cm³/mol. The van der Waals surface area contributed by atoms with E-state index in [1.165, 1.54) is 5.56 Å². The molecule has 0 spiro atoms. The standard InChI is InChI=1S/C13H20O/c1-9-6-10(2)12(14)11(7-9)8-13(3,4)5/h6-7,14H,8H2,1-5H3. The zero-order valence-electron chi connectivity index (χ0n) is 9.81. The number of benzene rings is 1. The average Bonchev–Trinajstić information content (AvgIpc) is 1.96. The fourth-order valence-corrected chi connectivity index (χ4v) is 1.75. The first-order chi connectivity index (χ1) is 6.29. The van der Waals surface area contributed by atoms with Crippen molar-refractivity contribution in [1.82, 2.24) is 0 Å². The molecule has 1 aromatic carbocycles. The molecule has 0 unspecified atom stereocenters. The molecule has 0 aliphatic carbocycles. The minimum atomic E-state index is 0.220. The summed E-state index contributed by atoms with van der Waals surface area (Å²) in [6, 6.07) is 4.09. The van der Waals surface area contributed by atoms with E-state index in [2.05, 4.69) is 33.8 Å². The minimum absolute atomic E-state index is 0.220. The zero-order valence-corrected chi connectivity index (χ0v) is 9.81. The molecule has 0 saturated heterocycles. The van der Waals surface area contributed by atoms with Crippen molar-refractivity contribution in [2.45, 2.75) is 41.0 Å². The molecule has 14 heavy (non-hydrogen) atoms. The largest absolute Gasteiger partial charge is 0.507 e. The smallest absolute Gasteiger partial charge is 0.121 e. The third-order valence-corrected chi connectivity index (χ3v) is 2.24. The van der Waals surface area contributed by atoms with Gasteiger partial charge in [-0.25, -0.2) is 0 Å². The van der Waals surface area contributed by atoms with E-state index in [4.69, 9.17) is 0 Å². The molecule has 1 nitrogen and oxygen atoms in total. The molecule has 0 aliphatic rings. The maximum atomic E-state index is 9.89. The molecule has 0 saturated carbocycles. The van der Waals surface area contributed by atoms with Crippen LogP contribution in [-0.4, -0.2) is 5.11 Å². The van der Waals surface area contributed by atoms with Crippen LogP contribution in [-0.2, 0) is 6.42 Å². The van der Waals surface area contributed by atoms with E-state index in [9.17, 15) is 5.11 Å². The van der Waals surface area contributed by atoms with Crippen LogP contribution in [0.2, 0.25) is 0 Å². The van der Waals surface area contributed by atoms with Crippen molar-refractivity contribution in [3.63, 3.8) is 0 Å². The molecule has 0 heterocycles. The van der Waals surface area contributed by atoms with E-state index >= 15 is 0 Å². The number of hydrogen-bond acceptors (Lipinski definition) is 1. The van der Waals surface area contributed by atoms with Crippen molar-refractivity contribution < 1.29 is 5.11 Å². The van der Waals surface area contributed by atoms with Gasteiger partial charge in [-0.1, -0.05) is 38.5 Å². The fraction of sp³-hybridized carbons (Fsp3) is 0.538. The molecule has 1 N–H and O–H groups in total. The quantitative estimate of drug-likeness (QED) is 0.720. The topological polar surface area (TPSA) is 20.2 Å². The SMILES string of the molecule is Cc1cc(C)c(O)c(CC(C)(C)C)c1. The number of phenolic OH excluding ortho intramolecular Hbond substituents is 1. The van der Waals surface area contributed by atoms with Gasteiger partial charge in [-0.3, -0.25) is 0 Å². The van der Waals surface area contributed by atoms with Gasteiger partial charge in [-0.15, -0.1) is 0 Å². The molecule has 0 amide bonds. The van der Waals surface area contributed by atoms with Gasteiger partial charge in [0.25, 0.3) is 0 Å². The summed E-state index contributed by atoms with van der Waals surface area (Å²) >= 11 is 0. The van der Waals surface area contributed by atoms with Gasteiger partial charge in [-0.05, 0) is 36.8 Å². The lowest BCUT2D eigenvalue weighted by Gasteiger charge is -2.20. The Balaban J connectivity index is 3.09. The van der Waals surface area contributed by atoms with Crippen LogP contribution in [0.15, 0.2) is 12.1 Å². The van der Waals surface area contributed by atoms with Crippen molar-refractivity contribution in [2.75, 3.05) is 0 Å². The lowest BCUT2D eigenvalue weighted by atomic mass is 9.86. The molecule has 0 aliphatic heterocycles. The number of rotatable bonds is 1. The second-order valence-electron chi connectivity index (χ2n) is 5.33. The van der Waals surface area contributed by atoms with Gasteiger partial charge in [0.05, 0.1) is 0 Å². The van der Waals surface area contributed by atoms with Crippen LogP contribution in [0.1, 0.15) is 37.5 Å². The second kappa shape index (κ2) is 3.64. The van der Waals surface area contributed by atoms with Crippen LogP contribution in [0.3, 0.4) is 0 Å². The lowest BCUT2D eigenvalue weighted by molar-refractivity contribution is 0.393. The van der Waals surface area contributed by atoms with Crippen LogP contribution < -0.4 is 0 Å². The van der Waals surface area contributed by atoms with Crippen molar-refractivity contribution in [3.05, 3.63) is 28.8 Å². The van der Waals surface area contributed by atoms with Crippen molar-refractivity contribution in [1.29, 1.82) is 0 Å². The Morgan fingerprint density at radius 1 is 1.14 bits per heavy atom. The average molecular weight is 192 g/mol. The first-order valence-electron chi connectivity index (χ1n) is 5.09. The molecule has 1 heteroatoms. The summed E-state index contributed by atoms with van der Waals surface area (Å²) in [6.45, 7) is 10.6. The molecular formula is C13H20O. The Hall–Kier alpha value is -0.980. The van der Waals surface area contributed by atoms with Crippen molar-refractivity contribution >= 4 is 0 Å². The number of aromatic hydroxyl groups is 1. The molecule has 0 atom stereocenters. The molecule has 0 radical (unpaired) electrons. The second-order valence-corrected chi connectivity index (χ2v) is 5.33. The third-order valence-electron chi connectivity index (χ3n) is 2.24. The highest BCUT2D eigenvalue weighted by Gasteiger charge is 2.15. The first kappa shape index (κ1) is 11.1. The Bertz CT molecular complexity index is 332. The molecule has 1 aromatic rings. The normalized spacial score (nSPS) is 11.8. The van der Waals surface area contributed by atoms with E-state index in [1.807, 2.05) is 13.0 Å². The van der Waals surface area contributed by atoms with Gasteiger partial charge in [0.15, 0.2) is 0 Å². The first-order valence-corrected chi connectivity index (χ1v) is 5.09. The Labute approximate surface area is 86.8 Å². The Morgan fingerprint density at radius 2 is 1.71 bits per heavy atom. The highest BCUT2D eigenvalue weighted by atomic mass is 16.3. The van der Waals surface area contributed by atoms with Gasteiger partial charge < -0.3 is 5.11 Å². The molecule has 78 valence electrons. The van der Waals surface area contributed by atoms with E-state index in [0.717, 1.165) is 17.5 Å². The van der Waals surface area contributed by atoms with Crippen molar-refractivity contribution in [3.8, 4) is 5.75 Å². The summed E-state index contributed by atoms with van der Waals surface area (Å²) < 4.78 is 0. The van der Waals surface area contributed by atoms with Crippen LogP contribution in [0.5, 0.6) is 5.75 Å². The van der Waals surface area contributed by atoms with Gasteiger partial charge in [-0.2, -0.15) is 0 Å². The summed E-state index contributed by atoms with van der Waals surface area (Å²) in [4.78, 5) is 0. The van der Waals surface area contributed by atoms with Crippen LogP contribution in [0, 0.1) is 19.3 Å². The summed E-state index contributed by atoms with van der Waals surface area (Å²) in [7, 11) is 0. The van der Waals surface area contributed by atoms with Gasteiger partial charge in [0, 0.05) is 0 Å². The van der Waals surface area contributed by atoms with E-state index in [1.54, 1.807) is 0 Å². The predicted octanol–water partition coefficient (Wildman–Crippen LogP) is 3.60. The Morgan fingerprint density at radius 3 is 2.21 bits per heavy atom. The van der Waals surface area contributed by atoms with E-state index < -0.39 is 0 Å². The van der Waals surface area contributed by atoms with Crippen LogP contribution >= 0.6 is 0 Å². The zero-order chi connectivity index (χ0) is 10.9. The highest BCUT2D eigenvalue weighted by molar-refractivity contribution is 5.43. The fourth-order valence-electron chi connectivity index (χ4n) is 1.75. The summed E-state index contributed by atoms with van der Waals surface area (Å²) in [5, 5.41) is 9.89. The van der Waals surface area contributed by atoms with E-state index in [0.29, 0.717) is 5.75 Å². The number of aryl methyl sites for hydroxylation is 2. The monoisotopic (exact) mass is 192 g/mol. The number of phenols is 1. The van der Waals surface area contributed by atoms with Gasteiger partial charge in [0.2, 0.25) is 0 Å². The molecule has 1 rings (SSSR count). The Kier molecular flexibility index (Phi) is 2.89. The maximum Gasteiger partial charge on any atom is 0.121 e. The van der Waals surface area contributed by atoms with E-state index in [-0.39, 0.29) is 5.41 Å². The van der Waals surface area contributed by atoms with Crippen LogP contribution in [0.4, 0.5) is 0 Å². The minimum Gasteiger partial charge on any atom is -0.507 e. The molecule has 0 bridgehead atoms. The third kappa shape index (κ3) is 2.76. The van der Waals surface area contributed by atoms with Crippen LogP contribution in [0.25, 0.3) is 0 Å². The van der Waals surface area contributed by atoms with Gasteiger partial charge >= 0.3 is 0 Å². The summed E-state index contributed by atoms with van der Waals surface area (Å²) in [6.07, 6.45) is 0.918. The van der Waals surface area contributed by atoms with Crippen molar-refractivity contribution in [2.24, 2.45) is 5.41 Å². The highest BCUT2D eigenvalue weighted by Crippen LogP contribution is 2.30. The molecule has 0 fully saturated rings. The summed E-state index contributed by atoms with van der Waals surface area (Å²) in [5.41, 5.74) is 3.48. The molecular weight excluding hydrogens is 172 g/mol. The number of hydrogen-bond donors (Lipinski definition) is 1. The molecule has 0 aromatic heterocycles. The van der Waals surface area contributed by atoms with Gasteiger partial charge in [0.1, 0.15) is 5.75 Å². The summed E-state index contributed by atoms with van der Waals surface area (Å²) in [5.74, 6) is 0.463.